The van der Waals surface area contributed by atoms with Crippen molar-refractivity contribution in [3.63, 3.8) is 0 Å². The maximum atomic E-state index is 12.7. The molecule has 0 aromatic heterocycles. The Hall–Kier alpha value is -0.170. The summed E-state index contributed by atoms with van der Waals surface area (Å²) in [7, 11) is -3.24. The highest BCUT2D eigenvalue weighted by atomic mass is 32.2. The van der Waals surface area contributed by atoms with Gasteiger partial charge in [-0.15, -0.1) is 0 Å². The molecule has 0 bridgehead atoms. The molecule has 2 fully saturated rings. The summed E-state index contributed by atoms with van der Waals surface area (Å²) >= 11 is 0. The van der Waals surface area contributed by atoms with Crippen LogP contribution in [0.1, 0.15) is 40.0 Å². The molecule has 2 unspecified atom stereocenters. The van der Waals surface area contributed by atoms with E-state index < -0.39 is 10.2 Å². The van der Waals surface area contributed by atoms with E-state index in [1.807, 2.05) is 6.92 Å². The first-order valence-corrected chi connectivity index (χ1v) is 9.32. The molecule has 20 heavy (non-hydrogen) atoms. The van der Waals surface area contributed by atoms with Crippen LogP contribution in [0, 0.1) is 11.8 Å². The van der Waals surface area contributed by atoms with Crippen LogP contribution in [0.2, 0.25) is 0 Å². The highest BCUT2D eigenvalue weighted by Gasteiger charge is 2.39. The van der Waals surface area contributed by atoms with Crippen LogP contribution < -0.4 is 5.32 Å². The maximum absolute atomic E-state index is 12.7. The van der Waals surface area contributed by atoms with Crippen LogP contribution in [-0.4, -0.2) is 55.8 Å². The third kappa shape index (κ3) is 3.53. The molecule has 2 rings (SSSR count). The van der Waals surface area contributed by atoms with Crippen LogP contribution in [-0.2, 0) is 10.2 Å². The van der Waals surface area contributed by atoms with E-state index in [1.54, 1.807) is 8.61 Å². The first-order valence-electron chi connectivity index (χ1n) is 7.92. The van der Waals surface area contributed by atoms with Gasteiger partial charge in [0, 0.05) is 25.7 Å². The molecule has 5 nitrogen and oxygen atoms in total. The standard InChI is InChI=1S/C14H29N3O2S/c1-4-15-10-14-5-7-16(8-6-14)20(18,19)17-11-12(2)9-13(17)3/h12-15H,4-11H2,1-3H3. The van der Waals surface area contributed by atoms with E-state index in [4.69, 9.17) is 0 Å². The third-order valence-electron chi connectivity index (χ3n) is 4.61. The van der Waals surface area contributed by atoms with Crippen molar-refractivity contribution < 1.29 is 8.42 Å². The minimum atomic E-state index is -3.24. The van der Waals surface area contributed by atoms with Crippen molar-refractivity contribution in [3.05, 3.63) is 0 Å². The Morgan fingerprint density at radius 1 is 1.20 bits per heavy atom. The van der Waals surface area contributed by atoms with Crippen LogP contribution in [0.25, 0.3) is 0 Å². The molecule has 0 amide bonds. The summed E-state index contributed by atoms with van der Waals surface area (Å²) in [6, 6.07) is 0.148. The van der Waals surface area contributed by atoms with Crippen molar-refractivity contribution in [2.45, 2.75) is 46.1 Å². The van der Waals surface area contributed by atoms with Crippen LogP contribution in [0.5, 0.6) is 0 Å². The largest absolute Gasteiger partial charge is 0.317 e. The van der Waals surface area contributed by atoms with Gasteiger partial charge in [-0.1, -0.05) is 13.8 Å². The molecule has 0 saturated carbocycles. The van der Waals surface area contributed by atoms with Gasteiger partial charge in [0.1, 0.15) is 0 Å². The van der Waals surface area contributed by atoms with E-state index >= 15 is 0 Å². The van der Waals surface area contributed by atoms with E-state index in [1.165, 1.54) is 0 Å². The van der Waals surface area contributed by atoms with Gasteiger partial charge in [-0.2, -0.15) is 17.0 Å². The lowest BCUT2D eigenvalue weighted by Gasteiger charge is -2.35. The van der Waals surface area contributed by atoms with Gasteiger partial charge in [-0.05, 0) is 51.1 Å². The average molecular weight is 303 g/mol. The van der Waals surface area contributed by atoms with E-state index in [0.717, 1.165) is 32.4 Å². The lowest BCUT2D eigenvalue weighted by Crippen LogP contribution is -2.49. The fourth-order valence-electron chi connectivity index (χ4n) is 3.42. The summed E-state index contributed by atoms with van der Waals surface area (Å²) in [5, 5.41) is 3.36. The minimum absolute atomic E-state index is 0.148. The molecule has 2 atom stereocenters. The highest BCUT2D eigenvalue weighted by molar-refractivity contribution is 7.86. The Labute approximate surface area is 123 Å². The predicted octanol–water partition coefficient (Wildman–Crippen LogP) is 1.28. The monoisotopic (exact) mass is 303 g/mol. The zero-order valence-electron chi connectivity index (χ0n) is 13.0. The summed E-state index contributed by atoms with van der Waals surface area (Å²) in [5.74, 6) is 1.10. The van der Waals surface area contributed by atoms with Gasteiger partial charge in [-0.25, -0.2) is 0 Å². The molecule has 0 aromatic rings. The second-order valence-corrected chi connectivity index (χ2v) is 8.30. The van der Waals surface area contributed by atoms with Crippen molar-refractivity contribution in [1.82, 2.24) is 13.9 Å². The second-order valence-electron chi connectivity index (χ2n) is 6.42. The highest BCUT2D eigenvalue weighted by Crippen LogP contribution is 2.29. The summed E-state index contributed by atoms with van der Waals surface area (Å²) in [5.41, 5.74) is 0. The topological polar surface area (TPSA) is 52.7 Å². The molecule has 0 aliphatic carbocycles. The smallest absolute Gasteiger partial charge is 0.282 e. The number of piperidine rings is 1. The summed E-state index contributed by atoms with van der Waals surface area (Å²) in [4.78, 5) is 0. The molecular weight excluding hydrogens is 274 g/mol. The molecule has 2 aliphatic heterocycles. The van der Waals surface area contributed by atoms with E-state index in [9.17, 15) is 8.42 Å². The Morgan fingerprint density at radius 2 is 1.85 bits per heavy atom. The zero-order chi connectivity index (χ0) is 14.8. The van der Waals surface area contributed by atoms with Crippen molar-refractivity contribution in [2.75, 3.05) is 32.7 Å². The molecule has 0 spiro atoms. The fourth-order valence-corrected chi connectivity index (χ4v) is 5.38. The molecular formula is C14H29N3O2S. The summed E-state index contributed by atoms with van der Waals surface area (Å²) in [6.45, 7) is 10.3. The van der Waals surface area contributed by atoms with E-state index in [2.05, 4.69) is 19.2 Å². The van der Waals surface area contributed by atoms with E-state index in [-0.39, 0.29) is 6.04 Å². The number of rotatable bonds is 5. The summed E-state index contributed by atoms with van der Waals surface area (Å²) in [6.07, 6.45) is 2.93. The molecule has 0 radical (unpaired) electrons. The quantitative estimate of drug-likeness (QED) is 0.832. The molecule has 1 N–H and O–H groups in total. The lowest BCUT2D eigenvalue weighted by atomic mass is 9.98. The number of hydrogen-bond donors (Lipinski definition) is 1. The van der Waals surface area contributed by atoms with Gasteiger partial charge in [0.2, 0.25) is 0 Å². The normalized spacial score (nSPS) is 30.9. The van der Waals surface area contributed by atoms with Gasteiger partial charge in [0.05, 0.1) is 0 Å². The average Bonchev–Trinajstić information content (AvgIpc) is 2.76. The van der Waals surface area contributed by atoms with Crippen LogP contribution in [0.3, 0.4) is 0 Å². The number of nitrogens with one attached hydrogen (secondary N) is 1. The van der Waals surface area contributed by atoms with Crippen molar-refractivity contribution in [3.8, 4) is 0 Å². The molecule has 2 heterocycles. The number of nitrogens with zero attached hydrogens (tertiary/aromatic N) is 2. The molecule has 2 aliphatic rings. The Balaban J connectivity index is 1.92. The van der Waals surface area contributed by atoms with Gasteiger partial charge in [-0.3, -0.25) is 0 Å². The lowest BCUT2D eigenvalue weighted by molar-refractivity contribution is 0.248. The Kier molecular flexibility index (Phi) is 5.45. The Morgan fingerprint density at radius 3 is 2.35 bits per heavy atom. The minimum Gasteiger partial charge on any atom is -0.317 e. The van der Waals surface area contributed by atoms with Gasteiger partial charge < -0.3 is 5.32 Å². The molecule has 2 saturated heterocycles. The predicted molar refractivity (Wildman–Crippen MR) is 81.7 cm³/mol. The first-order chi connectivity index (χ1) is 9.45. The van der Waals surface area contributed by atoms with Crippen LogP contribution in [0.4, 0.5) is 0 Å². The fraction of sp³-hybridized carbons (Fsp3) is 1.00. The molecule has 118 valence electrons. The van der Waals surface area contributed by atoms with Crippen molar-refractivity contribution in [2.24, 2.45) is 11.8 Å². The van der Waals surface area contributed by atoms with Crippen molar-refractivity contribution >= 4 is 10.2 Å². The van der Waals surface area contributed by atoms with E-state index in [0.29, 0.717) is 31.5 Å². The Bertz CT molecular complexity index is 405. The molecule has 0 aromatic carbocycles. The van der Waals surface area contributed by atoms with Crippen LogP contribution in [0.15, 0.2) is 0 Å². The van der Waals surface area contributed by atoms with Crippen molar-refractivity contribution in [1.29, 1.82) is 0 Å². The van der Waals surface area contributed by atoms with Gasteiger partial charge in [0.25, 0.3) is 10.2 Å². The maximum Gasteiger partial charge on any atom is 0.282 e. The SMILES string of the molecule is CCNCC1CCN(S(=O)(=O)N2CC(C)CC2C)CC1. The number of hydrogen-bond acceptors (Lipinski definition) is 3. The van der Waals surface area contributed by atoms with Gasteiger partial charge in [0.15, 0.2) is 0 Å². The second kappa shape index (κ2) is 6.73. The first kappa shape index (κ1) is 16.2. The zero-order valence-corrected chi connectivity index (χ0v) is 13.8. The van der Waals surface area contributed by atoms with Crippen LogP contribution >= 0.6 is 0 Å². The molecule has 6 heteroatoms. The summed E-state index contributed by atoms with van der Waals surface area (Å²) < 4.78 is 28.8. The van der Waals surface area contributed by atoms with Gasteiger partial charge >= 0.3 is 0 Å². The third-order valence-corrected chi connectivity index (χ3v) is 6.73.